The number of benzene rings is 1. The Bertz CT molecular complexity index is 1210. The minimum Gasteiger partial charge on any atom is -0.491 e. The highest BCUT2D eigenvalue weighted by molar-refractivity contribution is 8.18. The van der Waals surface area contributed by atoms with Crippen molar-refractivity contribution in [3.8, 4) is 5.75 Å². The topological polar surface area (TPSA) is 170 Å². The van der Waals surface area contributed by atoms with E-state index in [0.29, 0.717) is 32.3 Å². The van der Waals surface area contributed by atoms with E-state index in [9.17, 15) is 30.1 Å². The number of hydrogen-bond donors (Lipinski definition) is 1. The zero-order valence-corrected chi connectivity index (χ0v) is 24.1. The molecule has 0 aromatic heterocycles. The van der Waals surface area contributed by atoms with Gasteiger partial charge in [0, 0.05) is 18.8 Å². The molecule has 5 fully saturated rings. The predicted molar refractivity (Wildman–Crippen MR) is 147 cm³/mol. The number of carbonyl (C=O) groups excluding carboxylic acids is 1. The van der Waals surface area contributed by atoms with Crippen LogP contribution in [0.2, 0.25) is 0 Å². The highest BCUT2D eigenvalue weighted by Crippen LogP contribution is 2.74. The molecule has 0 bridgehead atoms. The second kappa shape index (κ2) is 10.5. The number of methoxy groups -OCH3 is 1. The van der Waals surface area contributed by atoms with Crippen LogP contribution in [-0.2, 0) is 23.7 Å². The SMILES string of the molecule is COC(=O)[C@@]12CC[C@]3(OCCOc4cc([N+](=O)[O-])cc([N+](=O)[O-])c4)OCC[C@@]34[C@H](O)CC3(SCCCS3)[C@H](OC1)[C@@H]24. The zero-order chi connectivity index (χ0) is 29.0. The summed E-state index contributed by atoms with van der Waals surface area (Å²) in [5.74, 6) is -0.0513. The fourth-order valence-corrected chi connectivity index (χ4v) is 11.5. The van der Waals surface area contributed by atoms with Crippen molar-refractivity contribution in [1.82, 2.24) is 0 Å². The molecule has 6 rings (SSSR count). The lowest BCUT2D eigenvalue weighted by Gasteiger charge is -2.63. The molecule has 1 aromatic rings. The third-order valence-electron chi connectivity index (χ3n) is 9.50. The number of hydrogen-bond acceptors (Lipinski definition) is 13. The summed E-state index contributed by atoms with van der Waals surface area (Å²) in [6, 6.07) is 3.11. The van der Waals surface area contributed by atoms with Gasteiger partial charge in [-0.15, -0.1) is 23.5 Å². The highest BCUT2D eigenvalue weighted by Gasteiger charge is 2.81. The average Bonchev–Trinajstić information content (AvgIpc) is 3.56. The van der Waals surface area contributed by atoms with Crippen molar-refractivity contribution >= 4 is 40.9 Å². The van der Waals surface area contributed by atoms with Crippen molar-refractivity contribution in [2.75, 3.05) is 45.0 Å². The number of ether oxygens (including phenoxy) is 5. The van der Waals surface area contributed by atoms with E-state index < -0.39 is 43.9 Å². The summed E-state index contributed by atoms with van der Waals surface area (Å²) in [5, 5.41) is 34.5. The number of esters is 1. The number of non-ortho nitro benzene ring substituents is 2. The quantitative estimate of drug-likeness (QED) is 0.196. The maximum absolute atomic E-state index is 13.4. The Labute approximate surface area is 244 Å². The van der Waals surface area contributed by atoms with E-state index in [0.717, 1.165) is 36.1 Å². The first-order valence-corrected chi connectivity index (χ1v) is 15.6. The molecular weight excluding hydrogens is 580 g/mol. The Morgan fingerprint density at radius 2 is 1.80 bits per heavy atom. The van der Waals surface area contributed by atoms with E-state index in [1.807, 2.05) is 0 Å². The number of nitrogens with zero attached hydrogens (tertiary/aromatic N) is 2. The zero-order valence-electron chi connectivity index (χ0n) is 22.5. The van der Waals surface area contributed by atoms with Crippen LogP contribution in [0.5, 0.6) is 5.75 Å². The molecule has 5 aliphatic rings. The van der Waals surface area contributed by atoms with Crippen LogP contribution >= 0.6 is 23.5 Å². The lowest BCUT2D eigenvalue weighted by Crippen LogP contribution is -2.72. The molecule has 224 valence electrons. The lowest BCUT2D eigenvalue weighted by molar-refractivity contribution is -0.394. The molecule has 2 spiro atoms. The number of rotatable bonds is 8. The fraction of sp³-hybridized carbons (Fsp3) is 0.731. The van der Waals surface area contributed by atoms with Crippen molar-refractivity contribution in [2.24, 2.45) is 16.7 Å². The first kappa shape index (κ1) is 28.9. The summed E-state index contributed by atoms with van der Waals surface area (Å²) in [5.41, 5.74) is -2.76. The second-order valence-corrected chi connectivity index (χ2v) is 14.3. The van der Waals surface area contributed by atoms with Gasteiger partial charge in [0.2, 0.25) is 0 Å². The monoisotopic (exact) mass is 612 g/mol. The molecule has 1 N–H and O–H groups in total. The van der Waals surface area contributed by atoms with Crippen molar-refractivity contribution in [2.45, 2.75) is 54.2 Å². The highest BCUT2D eigenvalue weighted by atomic mass is 32.2. The van der Waals surface area contributed by atoms with Gasteiger partial charge >= 0.3 is 5.97 Å². The van der Waals surface area contributed by atoms with Gasteiger partial charge in [0.15, 0.2) is 5.79 Å². The summed E-state index contributed by atoms with van der Waals surface area (Å²) >= 11 is 3.61. The number of carbonyl (C=O) groups is 1. The molecule has 3 aliphatic heterocycles. The van der Waals surface area contributed by atoms with E-state index in [2.05, 4.69) is 0 Å². The van der Waals surface area contributed by atoms with Crippen molar-refractivity contribution < 1.29 is 43.4 Å². The molecule has 3 heterocycles. The molecule has 6 atom stereocenters. The van der Waals surface area contributed by atoms with Crippen molar-refractivity contribution in [3.05, 3.63) is 38.4 Å². The van der Waals surface area contributed by atoms with E-state index in [1.165, 1.54) is 7.11 Å². The number of fused-ring (bicyclic) bond motifs is 1. The number of nitro benzene ring substituents is 2. The Morgan fingerprint density at radius 1 is 1.10 bits per heavy atom. The minimum atomic E-state index is -1.20. The first-order chi connectivity index (χ1) is 19.6. The van der Waals surface area contributed by atoms with Gasteiger partial charge in [-0.25, -0.2) is 0 Å². The third-order valence-corrected chi connectivity index (χ3v) is 13.0. The summed E-state index contributed by atoms with van der Waals surface area (Å²) in [6.45, 7) is 0.473. The van der Waals surface area contributed by atoms with Crippen molar-refractivity contribution in [1.29, 1.82) is 0 Å². The first-order valence-electron chi connectivity index (χ1n) is 13.6. The minimum absolute atomic E-state index is 0.0108. The van der Waals surface area contributed by atoms with E-state index in [-0.39, 0.29) is 47.6 Å². The third kappa shape index (κ3) is 4.26. The van der Waals surface area contributed by atoms with Crippen LogP contribution in [0.1, 0.15) is 32.1 Å². The van der Waals surface area contributed by atoms with Gasteiger partial charge in [-0.1, -0.05) is 0 Å². The van der Waals surface area contributed by atoms with Crippen molar-refractivity contribution in [3.63, 3.8) is 0 Å². The molecule has 0 unspecified atom stereocenters. The maximum Gasteiger partial charge on any atom is 0.314 e. The number of aliphatic hydroxyl groups is 1. The van der Waals surface area contributed by atoms with Crippen LogP contribution < -0.4 is 4.74 Å². The molecule has 15 heteroatoms. The number of nitro groups is 2. The van der Waals surface area contributed by atoms with Gasteiger partial charge < -0.3 is 28.8 Å². The number of aliphatic hydroxyl groups excluding tert-OH is 1. The molecule has 13 nitrogen and oxygen atoms in total. The molecule has 2 aliphatic carbocycles. The van der Waals surface area contributed by atoms with Gasteiger partial charge in [0.25, 0.3) is 11.4 Å². The van der Waals surface area contributed by atoms with Crippen LogP contribution in [0.3, 0.4) is 0 Å². The summed E-state index contributed by atoms with van der Waals surface area (Å²) < 4.78 is 30.0. The molecule has 0 radical (unpaired) electrons. The Morgan fingerprint density at radius 3 is 2.46 bits per heavy atom. The Hall–Kier alpha value is -2.17. The summed E-state index contributed by atoms with van der Waals surface area (Å²) in [7, 11) is 1.38. The molecular formula is C26H32N2O11S2. The molecule has 0 amide bonds. The van der Waals surface area contributed by atoms with Gasteiger partial charge in [-0.2, -0.15) is 0 Å². The number of thioether (sulfide) groups is 2. The van der Waals surface area contributed by atoms with E-state index >= 15 is 0 Å². The van der Waals surface area contributed by atoms with Gasteiger partial charge in [0.05, 0.1) is 82.1 Å². The summed E-state index contributed by atoms with van der Waals surface area (Å²) in [4.78, 5) is 34.5. The van der Waals surface area contributed by atoms with E-state index in [4.69, 9.17) is 23.7 Å². The van der Waals surface area contributed by atoms with Crippen LogP contribution in [0.25, 0.3) is 0 Å². The molecule has 2 saturated carbocycles. The van der Waals surface area contributed by atoms with Gasteiger partial charge in [-0.05, 0) is 30.8 Å². The summed E-state index contributed by atoms with van der Waals surface area (Å²) in [6.07, 6.45) is 1.65. The smallest absolute Gasteiger partial charge is 0.314 e. The van der Waals surface area contributed by atoms with Crippen LogP contribution in [0.15, 0.2) is 18.2 Å². The van der Waals surface area contributed by atoms with Crippen LogP contribution in [-0.4, -0.2) is 88.0 Å². The largest absolute Gasteiger partial charge is 0.491 e. The average molecular weight is 613 g/mol. The van der Waals surface area contributed by atoms with Crippen LogP contribution in [0.4, 0.5) is 11.4 Å². The Balaban J connectivity index is 1.28. The Kier molecular flexibility index (Phi) is 7.42. The molecule has 41 heavy (non-hydrogen) atoms. The van der Waals surface area contributed by atoms with Gasteiger partial charge in [-0.3, -0.25) is 25.0 Å². The fourth-order valence-electron chi connectivity index (χ4n) is 7.92. The van der Waals surface area contributed by atoms with E-state index in [1.54, 1.807) is 23.5 Å². The normalized spacial score (nSPS) is 36.8. The van der Waals surface area contributed by atoms with Gasteiger partial charge in [0.1, 0.15) is 12.4 Å². The standard InChI is InChI=1S/C26H32N2O11S2/c1-35-22(30)23-3-4-26(39-8-7-36-18-12-16(27(31)32)11-17(13-18)28(33)34)24(5-6-38-26)19(29)14-25(40-9-2-10-41-25)21(20(23)24)37-15-23/h11-13,19-21,29H,2-10,14-15H2,1H3/t19-,20+,21-,23+,24+,26-/m1/s1. The second-order valence-electron chi connectivity index (χ2n) is 11.2. The molecule has 3 saturated heterocycles. The maximum atomic E-state index is 13.4. The van der Waals surface area contributed by atoms with Crippen LogP contribution in [0, 0.1) is 37.0 Å². The lowest BCUT2D eigenvalue weighted by atomic mass is 9.46. The predicted octanol–water partition coefficient (Wildman–Crippen LogP) is 3.30. The molecule has 1 aromatic carbocycles.